The zero-order valence-electron chi connectivity index (χ0n) is 15.4. The minimum Gasteiger partial charge on any atom is -0.493 e. The van der Waals surface area contributed by atoms with Crippen molar-refractivity contribution in [1.82, 2.24) is 5.32 Å². The molecule has 8 heteroatoms. The van der Waals surface area contributed by atoms with Gasteiger partial charge < -0.3 is 14.8 Å². The van der Waals surface area contributed by atoms with Gasteiger partial charge in [-0.05, 0) is 18.2 Å². The van der Waals surface area contributed by atoms with Crippen LogP contribution in [0.15, 0.2) is 53.4 Å². The van der Waals surface area contributed by atoms with Gasteiger partial charge in [-0.25, -0.2) is 13.2 Å². The fourth-order valence-electron chi connectivity index (χ4n) is 3.00. The van der Waals surface area contributed by atoms with Crippen LogP contribution in [-0.4, -0.2) is 39.3 Å². The Kier molecular flexibility index (Phi) is 5.99. The topological polar surface area (TPSA) is 98.8 Å². The summed E-state index contributed by atoms with van der Waals surface area (Å²) in [6.07, 6.45) is 0.605. The van der Waals surface area contributed by atoms with Gasteiger partial charge in [0, 0.05) is 12.0 Å². The van der Waals surface area contributed by atoms with Crippen molar-refractivity contribution in [1.29, 1.82) is 0 Å². The van der Waals surface area contributed by atoms with E-state index in [1.165, 1.54) is 25.1 Å². The number of sulfone groups is 1. The number of benzene rings is 2. The third kappa shape index (κ3) is 4.33. The van der Waals surface area contributed by atoms with E-state index in [0.29, 0.717) is 13.0 Å². The zero-order chi connectivity index (χ0) is 20.1. The predicted octanol–water partition coefficient (Wildman–Crippen LogP) is 2.28. The minimum absolute atomic E-state index is 0.0754. The quantitative estimate of drug-likeness (QED) is 0.743. The van der Waals surface area contributed by atoms with Crippen LogP contribution in [0.3, 0.4) is 0 Å². The molecular formula is C20H21NO6S. The molecule has 1 aliphatic heterocycles. The van der Waals surface area contributed by atoms with E-state index < -0.39 is 28.3 Å². The molecule has 0 bridgehead atoms. The van der Waals surface area contributed by atoms with E-state index in [4.69, 9.17) is 9.47 Å². The number of rotatable bonds is 6. The molecule has 1 amide bonds. The Labute approximate surface area is 163 Å². The molecule has 0 aliphatic carbocycles. The van der Waals surface area contributed by atoms with Gasteiger partial charge in [0.25, 0.3) is 5.91 Å². The van der Waals surface area contributed by atoms with Gasteiger partial charge >= 0.3 is 5.97 Å². The van der Waals surface area contributed by atoms with Crippen molar-refractivity contribution in [2.75, 3.05) is 19.0 Å². The average molecular weight is 403 g/mol. The summed E-state index contributed by atoms with van der Waals surface area (Å²) >= 11 is 0. The minimum atomic E-state index is -3.58. The average Bonchev–Trinajstić information content (AvgIpc) is 2.72. The zero-order valence-corrected chi connectivity index (χ0v) is 16.2. The highest BCUT2D eigenvalue weighted by molar-refractivity contribution is 7.91. The van der Waals surface area contributed by atoms with Crippen molar-refractivity contribution in [3.8, 4) is 5.75 Å². The highest BCUT2D eigenvalue weighted by Crippen LogP contribution is 2.31. The van der Waals surface area contributed by atoms with Gasteiger partial charge in [-0.2, -0.15) is 0 Å². The number of amides is 1. The molecule has 2 aromatic carbocycles. The van der Waals surface area contributed by atoms with Crippen molar-refractivity contribution >= 4 is 21.7 Å². The number of carbonyl (C=O) groups excluding carboxylic acids is 2. The maximum atomic E-state index is 12.3. The molecule has 0 aromatic heterocycles. The Balaban J connectivity index is 1.64. The third-order valence-electron chi connectivity index (χ3n) is 4.45. The Morgan fingerprint density at radius 2 is 1.86 bits per heavy atom. The van der Waals surface area contributed by atoms with Gasteiger partial charge in [0.05, 0.1) is 28.9 Å². The lowest BCUT2D eigenvalue weighted by Gasteiger charge is -2.26. The molecule has 2 aromatic rings. The molecule has 1 atom stereocenters. The van der Waals surface area contributed by atoms with Crippen molar-refractivity contribution in [2.45, 2.75) is 24.3 Å². The fraction of sp³-hybridized carbons (Fsp3) is 0.300. The second-order valence-electron chi connectivity index (χ2n) is 6.27. The highest BCUT2D eigenvalue weighted by atomic mass is 32.2. The van der Waals surface area contributed by atoms with E-state index in [1.807, 2.05) is 24.3 Å². The number of hydrogen-bond acceptors (Lipinski definition) is 6. The number of para-hydroxylation sites is 1. The van der Waals surface area contributed by atoms with Gasteiger partial charge in [0.1, 0.15) is 5.75 Å². The molecule has 28 heavy (non-hydrogen) atoms. The van der Waals surface area contributed by atoms with Crippen molar-refractivity contribution < 1.29 is 27.5 Å². The molecule has 148 valence electrons. The summed E-state index contributed by atoms with van der Waals surface area (Å²) in [5.41, 5.74) is 0.793. The first-order valence-corrected chi connectivity index (χ1v) is 10.6. The number of esters is 1. The van der Waals surface area contributed by atoms with Gasteiger partial charge in [-0.1, -0.05) is 37.3 Å². The number of hydrogen-bond donors (Lipinski definition) is 1. The van der Waals surface area contributed by atoms with Gasteiger partial charge in [-0.3, -0.25) is 4.79 Å². The van der Waals surface area contributed by atoms with Gasteiger partial charge in [-0.15, -0.1) is 0 Å². The number of fused-ring (bicyclic) bond motifs is 1. The molecule has 1 N–H and O–H groups in total. The van der Waals surface area contributed by atoms with Crippen molar-refractivity contribution in [3.63, 3.8) is 0 Å². The third-order valence-corrected chi connectivity index (χ3v) is 6.24. The van der Waals surface area contributed by atoms with E-state index in [1.54, 1.807) is 6.07 Å². The van der Waals surface area contributed by atoms with Gasteiger partial charge in [0.15, 0.2) is 16.4 Å². The van der Waals surface area contributed by atoms with Crippen LogP contribution in [-0.2, 0) is 19.4 Å². The Hall–Kier alpha value is -2.87. The number of carbonyl (C=O) groups is 2. The fourth-order valence-corrected chi connectivity index (χ4v) is 4.08. The van der Waals surface area contributed by atoms with Crippen molar-refractivity contribution in [3.05, 3.63) is 59.7 Å². The van der Waals surface area contributed by atoms with Crippen LogP contribution in [0, 0.1) is 0 Å². The maximum Gasteiger partial charge on any atom is 0.339 e. The Morgan fingerprint density at radius 3 is 2.64 bits per heavy atom. The van der Waals surface area contributed by atoms with E-state index in [2.05, 4.69) is 5.32 Å². The molecule has 7 nitrogen and oxygen atoms in total. The molecule has 1 aliphatic rings. The normalized spacial score (nSPS) is 15.8. The summed E-state index contributed by atoms with van der Waals surface area (Å²) in [7, 11) is -3.58. The van der Waals surface area contributed by atoms with Crippen LogP contribution in [0.5, 0.6) is 5.75 Å². The number of nitrogens with one attached hydrogen (secondary N) is 1. The van der Waals surface area contributed by atoms with Gasteiger partial charge in [0.2, 0.25) is 0 Å². The molecule has 0 unspecified atom stereocenters. The molecule has 1 heterocycles. The molecule has 0 radical (unpaired) electrons. The largest absolute Gasteiger partial charge is 0.493 e. The van der Waals surface area contributed by atoms with Crippen LogP contribution in [0.2, 0.25) is 0 Å². The van der Waals surface area contributed by atoms with E-state index >= 15 is 0 Å². The molecule has 0 saturated carbocycles. The second kappa shape index (κ2) is 8.43. The van der Waals surface area contributed by atoms with E-state index in [9.17, 15) is 18.0 Å². The predicted molar refractivity (Wildman–Crippen MR) is 102 cm³/mol. The lowest BCUT2D eigenvalue weighted by molar-refractivity contribution is -0.125. The molecule has 0 spiro atoms. The molecule has 0 fully saturated rings. The summed E-state index contributed by atoms with van der Waals surface area (Å²) in [4.78, 5) is 24.5. The van der Waals surface area contributed by atoms with E-state index in [-0.39, 0.29) is 22.3 Å². The highest BCUT2D eigenvalue weighted by Gasteiger charge is 2.25. The molecule has 3 rings (SSSR count). The first-order chi connectivity index (χ1) is 13.4. The molecular weight excluding hydrogens is 382 g/mol. The summed E-state index contributed by atoms with van der Waals surface area (Å²) in [5.74, 6) is -0.739. The Morgan fingerprint density at radius 1 is 1.14 bits per heavy atom. The smallest absolute Gasteiger partial charge is 0.339 e. The van der Waals surface area contributed by atoms with Crippen LogP contribution >= 0.6 is 0 Å². The van der Waals surface area contributed by atoms with Crippen molar-refractivity contribution in [2.24, 2.45) is 0 Å². The monoisotopic (exact) mass is 403 g/mol. The first-order valence-electron chi connectivity index (χ1n) is 8.92. The summed E-state index contributed by atoms with van der Waals surface area (Å²) < 4.78 is 34.9. The first kappa shape index (κ1) is 19.9. The molecule has 0 saturated heterocycles. The standard InChI is InChI=1S/C20H21NO6S/c1-2-28(24,25)18-10-6-4-8-15(18)20(23)27-13-19(22)21-16-11-12-26-17-9-5-3-7-14(16)17/h3-10,16H,2,11-13H2,1H3,(H,21,22)/t16-/m1/s1. The van der Waals surface area contributed by atoms with Crippen LogP contribution < -0.4 is 10.1 Å². The van der Waals surface area contributed by atoms with E-state index in [0.717, 1.165) is 11.3 Å². The lowest BCUT2D eigenvalue weighted by atomic mass is 10.0. The van der Waals surface area contributed by atoms with Crippen LogP contribution in [0.25, 0.3) is 0 Å². The summed E-state index contributed by atoms with van der Waals surface area (Å²) in [6, 6.07) is 13.0. The SMILES string of the molecule is CCS(=O)(=O)c1ccccc1C(=O)OCC(=O)N[C@@H]1CCOc2ccccc21. The number of ether oxygens (including phenoxy) is 2. The van der Waals surface area contributed by atoms with Crippen LogP contribution in [0.4, 0.5) is 0 Å². The Bertz CT molecular complexity index is 986. The van der Waals surface area contributed by atoms with Crippen LogP contribution in [0.1, 0.15) is 35.3 Å². The summed E-state index contributed by atoms with van der Waals surface area (Å²) in [6.45, 7) is 1.47. The summed E-state index contributed by atoms with van der Waals surface area (Å²) in [5, 5.41) is 2.82. The maximum absolute atomic E-state index is 12.3. The lowest BCUT2D eigenvalue weighted by Crippen LogP contribution is -2.35. The second-order valence-corrected chi connectivity index (χ2v) is 8.52.